The summed E-state index contributed by atoms with van der Waals surface area (Å²) in [5.74, 6) is -0.602. The van der Waals surface area contributed by atoms with Crippen molar-refractivity contribution in [3.63, 3.8) is 0 Å². The van der Waals surface area contributed by atoms with E-state index in [1.54, 1.807) is 0 Å². The molecule has 5 nitrogen and oxygen atoms in total. The Labute approximate surface area is 150 Å². The number of benzene rings is 2. The molecule has 2 unspecified atom stereocenters. The van der Waals surface area contributed by atoms with Gasteiger partial charge in [0, 0.05) is 6.54 Å². The molecule has 0 aromatic heterocycles. The first-order valence-electron chi connectivity index (χ1n) is 7.73. The monoisotopic (exact) mass is 367 g/mol. The molecule has 0 radical (unpaired) electrons. The number of hydrogen-bond acceptors (Lipinski definition) is 4. The maximum atomic E-state index is 13.1. The van der Waals surface area contributed by atoms with Gasteiger partial charge < -0.3 is 20.3 Å². The van der Waals surface area contributed by atoms with Crippen LogP contribution in [-0.2, 0) is 11.3 Å². The van der Waals surface area contributed by atoms with E-state index in [2.05, 4.69) is 5.32 Å². The lowest BCUT2D eigenvalue weighted by molar-refractivity contribution is 0.0136. The second kappa shape index (κ2) is 9.36. The Morgan fingerprint density at radius 2 is 1.92 bits per heavy atom. The number of carbonyl (C=O) groups is 1. The minimum absolute atomic E-state index is 0.0938. The van der Waals surface area contributed by atoms with Crippen LogP contribution < -0.4 is 5.32 Å². The van der Waals surface area contributed by atoms with E-state index in [-0.39, 0.29) is 24.6 Å². The van der Waals surface area contributed by atoms with Crippen LogP contribution in [0.15, 0.2) is 48.5 Å². The van der Waals surface area contributed by atoms with Gasteiger partial charge in [-0.05, 0) is 29.7 Å². The Morgan fingerprint density at radius 3 is 2.60 bits per heavy atom. The van der Waals surface area contributed by atoms with E-state index in [9.17, 15) is 19.4 Å². The Bertz CT molecular complexity index is 699. The Morgan fingerprint density at radius 1 is 1.20 bits per heavy atom. The van der Waals surface area contributed by atoms with Gasteiger partial charge in [0.05, 0.1) is 11.1 Å². The van der Waals surface area contributed by atoms with Gasteiger partial charge in [-0.15, -0.1) is 0 Å². The molecule has 2 aromatic rings. The highest BCUT2D eigenvalue weighted by Gasteiger charge is 2.19. The lowest BCUT2D eigenvalue weighted by Gasteiger charge is -2.18. The first-order chi connectivity index (χ1) is 12.0. The summed E-state index contributed by atoms with van der Waals surface area (Å²) in [6.45, 7) is 0.257. The number of hydrogen-bond donors (Lipinski definition) is 3. The molecule has 0 bridgehead atoms. The number of amides is 1. The molecule has 2 rings (SSSR count). The van der Waals surface area contributed by atoms with Crippen molar-refractivity contribution < 1.29 is 24.1 Å². The molecular weight excluding hydrogens is 349 g/mol. The average Bonchev–Trinajstić information content (AvgIpc) is 2.62. The van der Waals surface area contributed by atoms with E-state index < -0.39 is 24.1 Å². The van der Waals surface area contributed by atoms with Crippen LogP contribution in [0.2, 0.25) is 5.02 Å². The van der Waals surface area contributed by atoms with Crippen LogP contribution in [0.25, 0.3) is 0 Å². The molecular formula is C18H19ClFNO4. The first-order valence-corrected chi connectivity index (χ1v) is 8.11. The number of nitrogens with one attached hydrogen (secondary N) is 1. The van der Waals surface area contributed by atoms with Crippen LogP contribution >= 0.6 is 11.6 Å². The van der Waals surface area contributed by atoms with Gasteiger partial charge in [-0.25, -0.2) is 9.18 Å². The third-order valence-corrected chi connectivity index (χ3v) is 3.86. The van der Waals surface area contributed by atoms with Gasteiger partial charge >= 0.3 is 6.09 Å². The summed E-state index contributed by atoms with van der Waals surface area (Å²) in [6, 6.07) is 12.9. The minimum Gasteiger partial charge on any atom is -0.445 e. The zero-order valence-electron chi connectivity index (χ0n) is 13.4. The Hall–Kier alpha value is -2.15. The molecule has 7 heteroatoms. The molecule has 0 aliphatic rings. The van der Waals surface area contributed by atoms with Crippen LogP contribution in [0.5, 0.6) is 0 Å². The van der Waals surface area contributed by atoms with Crippen LogP contribution in [0.1, 0.15) is 23.7 Å². The molecule has 134 valence electrons. The average molecular weight is 368 g/mol. The third-order valence-electron chi connectivity index (χ3n) is 3.57. The summed E-state index contributed by atoms with van der Waals surface area (Å²) >= 11 is 5.65. The van der Waals surface area contributed by atoms with Crippen LogP contribution in [0, 0.1) is 5.82 Å². The predicted molar refractivity (Wildman–Crippen MR) is 91.6 cm³/mol. The van der Waals surface area contributed by atoms with E-state index in [1.165, 1.54) is 12.1 Å². The summed E-state index contributed by atoms with van der Waals surface area (Å²) in [6.07, 6.45) is -2.90. The number of rotatable bonds is 7. The van der Waals surface area contributed by atoms with E-state index in [0.717, 1.165) is 11.6 Å². The normalized spacial score (nSPS) is 13.1. The molecule has 0 saturated heterocycles. The van der Waals surface area contributed by atoms with E-state index in [1.807, 2.05) is 30.3 Å². The van der Waals surface area contributed by atoms with Crippen molar-refractivity contribution in [2.75, 3.05) is 6.54 Å². The molecule has 1 amide bonds. The lowest BCUT2D eigenvalue weighted by atomic mass is 10.0. The molecule has 0 aliphatic heterocycles. The van der Waals surface area contributed by atoms with Gasteiger partial charge in [-0.1, -0.05) is 48.0 Å². The molecule has 0 saturated carbocycles. The van der Waals surface area contributed by atoms with Crippen molar-refractivity contribution in [1.29, 1.82) is 0 Å². The molecule has 3 N–H and O–H groups in total. The van der Waals surface area contributed by atoms with Crippen molar-refractivity contribution in [1.82, 2.24) is 5.32 Å². The smallest absolute Gasteiger partial charge is 0.407 e. The Kier molecular flexibility index (Phi) is 7.18. The fourth-order valence-electron chi connectivity index (χ4n) is 2.17. The van der Waals surface area contributed by atoms with Gasteiger partial charge in [-0.2, -0.15) is 0 Å². The van der Waals surface area contributed by atoms with Gasteiger partial charge in [0.2, 0.25) is 0 Å². The van der Waals surface area contributed by atoms with E-state index in [0.29, 0.717) is 5.56 Å². The predicted octanol–water partition coefficient (Wildman–Crippen LogP) is 3.19. The zero-order chi connectivity index (χ0) is 18.2. The topological polar surface area (TPSA) is 78.8 Å². The fraction of sp³-hybridized carbons (Fsp3) is 0.278. The van der Waals surface area contributed by atoms with E-state index >= 15 is 0 Å². The highest BCUT2D eigenvalue weighted by Crippen LogP contribution is 2.23. The molecule has 0 fully saturated rings. The number of alkyl carbamates (subject to hydrolysis) is 1. The summed E-state index contributed by atoms with van der Waals surface area (Å²) in [5.41, 5.74) is 1.16. The quantitative estimate of drug-likeness (QED) is 0.702. The maximum absolute atomic E-state index is 13.1. The molecule has 0 heterocycles. The van der Waals surface area contributed by atoms with Gasteiger partial charge in [-0.3, -0.25) is 0 Å². The minimum atomic E-state index is -1.24. The van der Waals surface area contributed by atoms with Crippen molar-refractivity contribution in [3.8, 4) is 0 Å². The summed E-state index contributed by atoms with van der Waals surface area (Å²) < 4.78 is 18.1. The highest BCUT2D eigenvalue weighted by atomic mass is 35.5. The summed E-state index contributed by atoms with van der Waals surface area (Å²) in [7, 11) is 0. The standard InChI is InChI=1S/C18H19ClFNO4/c19-14-10-13(6-7-15(14)20)17(23)16(22)8-9-21-18(24)25-11-12-4-2-1-3-5-12/h1-7,10,16-17,22-23H,8-9,11H2,(H,21,24). The number of aliphatic hydroxyl groups excluding tert-OH is 2. The van der Waals surface area contributed by atoms with Crippen molar-refractivity contribution >= 4 is 17.7 Å². The molecule has 2 atom stereocenters. The van der Waals surface area contributed by atoms with Crippen molar-refractivity contribution in [3.05, 3.63) is 70.5 Å². The molecule has 0 spiro atoms. The number of aliphatic hydroxyl groups is 2. The van der Waals surface area contributed by atoms with Crippen molar-refractivity contribution in [2.24, 2.45) is 0 Å². The Balaban J connectivity index is 1.72. The maximum Gasteiger partial charge on any atom is 0.407 e. The molecule has 2 aromatic carbocycles. The van der Waals surface area contributed by atoms with Gasteiger partial charge in [0.1, 0.15) is 18.5 Å². The third kappa shape index (κ3) is 6.01. The summed E-state index contributed by atoms with van der Waals surface area (Å²) in [4.78, 5) is 11.6. The van der Waals surface area contributed by atoms with Crippen molar-refractivity contribution in [2.45, 2.75) is 25.2 Å². The number of carbonyl (C=O) groups excluding carboxylic acids is 1. The first kappa shape index (κ1) is 19.2. The van der Waals surface area contributed by atoms with Crippen LogP contribution in [0.4, 0.5) is 9.18 Å². The van der Waals surface area contributed by atoms with Crippen LogP contribution in [0.3, 0.4) is 0 Å². The second-order valence-electron chi connectivity index (χ2n) is 5.46. The fourth-order valence-corrected chi connectivity index (χ4v) is 2.36. The van der Waals surface area contributed by atoms with Crippen LogP contribution in [-0.4, -0.2) is 29.0 Å². The van der Waals surface area contributed by atoms with Gasteiger partial charge in [0.15, 0.2) is 0 Å². The highest BCUT2D eigenvalue weighted by molar-refractivity contribution is 6.30. The zero-order valence-corrected chi connectivity index (χ0v) is 14.1. The number of ether oxygens (including phenoxy) is 1. The SMILES string of the molecule is O=C(NCCC(O)C(O)c1ccc(F)c(Cl)c1)OCc1ccccc1. The van der Waals surface area contributed by atoms with E-state index in [4.69, 9.17) is 16.3 Å². The lowest BCUT2D eigenvalue weighted by Crippen LogP contribution is -2.29. The number of halogens is 2. The second-order valence-corrected chi connectivity index (χ2v) is 5.87. The van der Waals surface area contributed by atoms with Gasteiger partial charge in [0.25, 0.3) is 0 Å². The molecule has 25 heavy (non-hydrogen) atoms. The molecule has 0 aliphatic carbocycles. The largest absolute Gasteiger partial charge is 0.445 e. The summed E-state index contributed by atoms with van der Waals surface area (Å²) in [5, 5.41) is 22.4.